The van der Waals surface area contributed by atoms with Crippen molar-refractivity contribution in [2.45, 2.75) is 32.2 Å². The highest BCUT2D eigenvalue weighted by Gasteiger charge is 2.24. The molecule has 0 aromatic carbocycles. The maximum Gasteiger partial charge on any atom is 0.235 e. The maximum atomic E-state index is 10.1. The molecule has 0 radical (unpaired) electrons. The average molecular weight is 157 g/mol. The Balaban J connectivity index is 4.31. The highest BCUT2D eigenvalue weighted by Crippen LogP contribution is 2.19. The lowest BCUT2D eigenvalue weighted by molar-refractivity contribution is 0.128. The molecule has 0 saturated carbocycles. The lowest BCUT2D eigenvalue weighted by atomic mass is 9.95. The molecule has 0 N–H and O–H groups in total. The van der Waals surface area contributed by atoms with Crippen LogP contribution in [0.5, 0.6) is 0 Å². The second-order valence-electron chi connectivity index (χ2n) is 2.57. The summed E-state index contributed by atoms with van der Waals surface area (Å²) >= 11 is 0. The van der Waals surface area contributed by atoms with E-state index in [4.69, 9.17) is 4.74 Å². The van der Waals surface area contributed by atoms with E-state index in [1.54, 1.807) is 13.2 Å². The van der Waals surface area contributed by atoms with E-state index in [1.807, 2.05) is 13.8 Å². The number of aliphatic imine (C=N–C) groups is 1. The molecule has 0 aliphatic heterocycles. The molecule has 0 spiro atoms. The van der Waals surface area contributed by atoms with Gasteiger partial charge in [0.05, 0.1) is 12.1 Å². The van der Waals surface area contributed by atoms with Crippen molar-refractivity contribution < 1.29 is 9.53 Å². The molecule has 0 rings (SSSR count). The van der Waals surface area contributed by atoms with Crippen LogP contribution < -0.4 is 0 Å². The number of methoxy groups -OCH3 is 1. The molecule has 0 fully saturated rings. The van der Waals surface area contributed by atoms with Crippen LogP contribution in [-0.2, 0) is 9.53 Å². The van der Waals surface area contributed by atoms with Crippen molar-refractivity contribution in [2.24, 2.45) is 4.99 Å². The second kappa shape index (κ2) is 5.05. The SMILES string of the molecule is CCC(CC)(COC)N=C=O. The zero-order valence-electron chi connectivity index (χ0n) is 7.39. The molecule has 0 aliphatic rings. The Morgan fingerprint density at radius 2 is 2.00 bits per heavy atom. The van der Waals surface area contributed by atoms with Gasteiger partial charge in [0.2, 0.25) is 6.08 Å². The van der Waals surface area contributed by atoms with Crippen LogP contribution in [0.4, 0.5) is 0 Å². The van der Waals surface area contributed by atoms with Crippen molar-refractivity contribution in [3.63, 3.8) is 0 Å². The molecule has 3 nitrogen and oxygen atoms in total. The Hall–Kier alpha value is -0.660. The zero-order valence-corrected chi connectivity index (χ0v) is 7.39. The van der Waals surface area contributed by atoms with E-state index >= 15 is 0 Å². The molecule has 0 aliphatic carbocycles. The van der Waals surface area contributed by atoms with Gasteiger partial charge in [-0.2, -0.15) is 4.99 Å². The van der Waals surface area contributed by atoms with Crippen LogP contribution in [0.2, 0.25) is 0 Å². The minimum atomic E-state index is -0.337. The number of ether oxygens (including phenoxy) is 1. The van der Waals surface area contributed by atoms with Gasteiger partial charge in [-0.1, -0.05) is 13.8 Å². The molecule has 64 valence electrons. The summed E-state index contributed by atoms with van der Waals surface area (Å²) in [5, 5.41) is 0. The number of nitrogens with zero attached hydrogens (tertiary/aromatic N) is 1. The van der Waals surface area contributed by atoms with Crippen LogP contribution in [-0.4, -0.2) is 25.3 Å². The quantitative estimate of drug-likeness (QED) is 0.448. The third kappa shape index (κ3) is 2.83. The van der Waals surface area contributed by atoms with Crippen LogP contribution >= 0.6 is 0 Å². The Kier molecular flexibility index (Phi) is 4.75. The molecule has 0 aromatic heterocycles. The molecular formula is C8H15NO2. The lowest BCUT2D eigenvalue weighted by Gasteiger charge is -2.23. The number of hydrogen-bond donors (Lipinski definition) is 0. The monoisotopic (exact) mass is 157 g/mol. The summed E-state index contributed by atoms with van der Waals surface area (Å²) in [5.41, 5.74) is -0.337. The van der Waals surface area contributed by atoms with Gasteiger partial charge in [-0.3, -0.25) is 0 Å². The van der Waals surface area contributed by atoms with Crippen LogP contribution in [0.1, 0.15) is 26.7 Å². The van der Waals surface area contributed by atoms with Crippen LogP contribution in [0.15, 0.2) is 4.99 Å². The van der Waals surface area contributed by atoms with Crippen molar-refractivity contribution in [2.75, 3.05) is 13.7 Å². The Labute approximate surface area is 67.5 Å². The first kappa shape index (κ1) is 10.3. The van der Waals surface area contributed by atoms with E-state index in [0.717, 1.165) is 12.8 Å². The average Bonchev–Trinajstić information content (AvgIpc) is 2.04. The highest BCUT2D eigenvalue weighted by atomic mass is 16.5. The van der Waals surface area contributed by atoms with Gasteiger partial charge in [-0.05, 0) is 12.8 Å². The third-order valence-electron chi connectivity index (χ3n) is 2.01. The van der Waals surface area contributed by atoms with Gasteiger partial charge in [0, 0.05) is 7.11 Å². The van der Waals surface area contributed by atoms with Gasteiger partial charge in [0.1, 0.15) is 0 Å². The predicted molar refractivity (Wildman–Crippen MR) is 43.3 cm³/mol. The first-order chi connectivity index (χ1) is 5.24. The van der Waals surface area contributed by atoms with E-state index in [2.05, 4.69) is 4.99 Å². The minimum absolute atomic E-state index is 0.337. The molecule has 0 heterocycles. The molecule has 0 unspecified atom stereocenters. The molecule has 0 saturated heterocycles. The van der Waals surface area contributed by atoms with E-state index < -0.39 is 0 Å². The molecule has 11 heavy (non-hydrogen) atoms. The lowest BCUT2D eigenvalue weighted by Crippen LogP contribution is -2.30. The number of rotatable bonds is 5. The third-order valence-corrected chi connectivity index (χ3v) is 2.01. The van der Waals surface area contributed by atoms with E-state index in [-0.39, 0.29) is 5.54 Å². The van der Waals surface area contributed by atoms with Gasteiger partial charge in [-0.15, -0.1) is 0 Å². The van der Waals surface area contributed by atoms with Crippen LogP contribution in [0.25, 0.3) is 0 Å². The molecule has 0 bridgehead atoms. The smallest absolute Gasteiger partial charge is 0.235 e. The van der Waals surface area contributed by atoms with Crippen LogP contribution in [0, 0.1) is 0 Å². The van der Waals surface area contributed by atoms with Crippen molar-refractivity contribution in [3.05, 3.63) is 0 Å². The van der Waals surface area contributed by atoms with Crippen molar-refractivity contribution in [1.82, 2.24) is 0 Å². The van der Waals surface area contributed by atoms with Crippen molar-refractivity contribution in [3.8, 4) is 0 Å². The van der Waals surface area contributed by atoms with Gasteiger partial charge in [0.15, 0.2) is 0 Å². The molecular weight excluding hydrogens is 142 g/mol. The Morgan fingerprint density at radius 1 is 1.45 bits per heavy atom. The Bertz CT molecular complexity index is 146. The molecule has 3 heteroatoms. The topological polar surface area (TPSA) is 38.7 Å². The zero-order chi connectivity index (χ0) is 8.74. The summed E-state index contributed by atoms with van der Waals surface area (Å²) in [4.78, 5) is 13.8. The van der Waals surface area contributed by atoms with Crippen molar-refractivity contribution >= 4 is 6.08 Å². The summed E-state index contributed by atoms with van der Waals surface area (Å²) < 4.78 is 4.97. The summed E-state index contributed by atoms with van der Waals surface area (Å²) in [6.07, 6.45) is 3.21. The summed E-state index contributed by atoms with van der Waals surface area (Å²) in [6.45, 7) is 4.47. The van der Waals surface area contributed by atoms with Crippen molar-refractivity contribution in [1.29, 1.82) is 0 Å². The van der Waals surface area contributed by atoms with Crippen LogP contribution in [0.3, 0.4) is 0 Å². The second-order valence-corrected chi connectivity index (χ2v) is 2.57. The first-order valence-electron chi connectivity index (χ1n) is 3.82. The molecule has 0 aromatic rings. The van der Waals surface area contributed by atoms with Gasteiger partial charge in [-0.25, -0.2) is 4.79 Å². The van der Waals surface area contributed by atoms with Gasteiger partial charge < -0.3 is 4.74 Å². The minimum Gasteiger partial charge on any atom is -0.382 e. The highest BCUT2D eigenvalue weighted by molar-refractivity contribution is 5.34. The Morgan fingerprint density at radius 3 is 2.27 bits per heavy atom. The largest absolute Gasteiger partial charge is 0.382 e. The fraction of sp³-hybridized carbons (Fsp3) is 0.875. The van der Waals surface area contributed by atoms with E-state index in [1.165, 1.54) is 0 Å². The summed E-state index contributed by atoms with van der Waals surface area (Å²) in [5.74, 6) is 0. The predicted octanol–water partition coefficient (Wildman–Crippen LogP) is 1.53. The maximum absolute atomic E-state index is 10.1. The number of hydrogen-bond acceptors (Lipinski definition) is 3. The van der Waals surface area contributed by atoms with E-state index in [9.17, 15) is 4.79 Å². The van der Waals surface area contributed by atoms with Gasteiger partial charge >= 0.3 is 0 Å². The normalized spacial score (nSPS) is 10.8. The fourth-order valence-corrected chi connectivity index (χ4v) is 1.01. The number of isocyanates is 1. The van der Waals surface area contributed by atoms with E-state index in [0.29, 0.717) is 6.61 Å². The molecule has 0 atom stereocenters. The fourth-order valence-electron chi connectivity index (χ4n) is 1.01. The standard InChI is InChI=1S/C8H15NO2/c1-4-8(5-2,6-11-3)9-7-10/h4-6H2,1-3H3. The first-order valence-corrected chi connectivity index (χ1v) is 3.82. The summed E-state index contributed by atoms with van der Waals surface area (Å²) in [7, 11) is 1.61. The molecule has 0 amide bonds. The number of carbonyl (C=O) groups excluding carboxylic acids is 1. The summed E-state index contributed by atoms with van der Waals surface area (Å²) in [6, 6.07) is 0. The van der Waals surface area contributed by atoms with Gasteiger partial charge in [0.25, 0.3) is 0 Å².